The summed E-state index contributed by atoms with van der Waals surface area (Å²) in [6.45, 7) is 7.28. The highest BCUT2D eigenvalue weighted by atomic mass is 32.2. The molecule has 0 saturated heterocycles. The molecule has 0 radical (unpaired) electrons. The first-order chi connectivity index (χ1) is 9.10. The van der Waals surface area contributed by atoms with Crippen molar-refractivity contribution in [2.45, 2.75) is 63.5 Å². The summed E-state index contributed by atoms with van der Waals surface area (Å²) in [5.74, 6) is 0.122. The summed E-state index contributed by atoms with van der Waals surface area (Å²) < 4.78 is 52.4. The summed E-state index contributed by atoms with van der Waals surface area (Å²) >= 11 is 0. The van der Waals surface area contributed by atoms with Crippen molar-refractivity contribution >= 4 is 20.0 Å². The van der Waals surface area contributed by atoms with Gasteiger partial charge in [0, 0.05) is 12.6 Å². The van der Waals surface area contributed by atoms with E-state index < -0.39 is 30.5 Å². The first-order valence-corrected chi connectivity index (χ1v) is 10.2. The fraction of sp³-hybridized carbons (Fsp3) is 1.00. The van der Waals surface area contributed by atoms with E-state index >= 15 is 0 Å². The van der Waals surface area contributed by atoms with E-state index in [4.69, 9.17) is 0 Å². The van der Waals surface area contributed by atoms with Gasteiger partial charge in [-0.1, -0.05) is 6.92 Å². The monoisotopic (exact) mass is 326 g/mol. The Labute approximate surface area is 122 Å². The van der Waals surface area contributed by atoms with E-state index in [2.05, 4.69) is 9.44 Å². The molecule has 2 N–H and O–H groups in total. The number of rotatable bonds is 9. The van der Waals surface area contributed by atoms with Crippen molar-refractivity contribution in [2.75, 3.05) is 6.54 Å². The van der Waals surface area contributed by atoms with Crippen LogP contribution in [-0.4, -0.2) is 39.9 Å². The summed E-state index contributed by atoms with van der Waals surface area (Å²) in [5.41, 5.74) is 0. The van der Waals surface area contributed by atoms with Crippen molar-refractivity contribution < 1.29 is 16.8 Å². The van der Waals surface area contributed by atoms with Crippen LogP contribution in [0.1, 0.15) is 47.0 Å². The van der Waals surface area contributed by atoms with Gasteiger partial charge in [0.2, 0.25) is 20.0 Å². The number of hydrogen-bond donors (Lipinski definition) is 2. The number of sulfonamides is 2. The van der Waals surface area contributed by atoms with Crippen molar-refractivity contribution in [3.05, 3.63) is 0 Å². The molecule has 1 aliphatic carbocycles. The van der Waals surface area contributed by atoms with Crippen LogP contribution in [0.25, 0.3) is 0 Å². The van der Waals surface area contributed by atoms with Crippen molar-refractivity contribution in [3.63, 3.8) is 0 Å². The Hall–Kier alpha value is -0.180. The van der Waals surface area contributed by atoms with Crippen LogP contribution < -0.4 is 9.44 Å². The van der Waals surface area contributed by atoms with E-state index in [1.165, 1.54) is 0 Å². The molecule has 8 heteroatoms. The SMILES string of the molecule is CCCNS(=O)(=O)C(C)CC1CC1NS(=O)(=O)C(C)C. The third-order valence-electron chi connectivity index (χ3n) is 3.58. The summed E-state index contributed by atoms with van der Waals surface area (Å²) in [6.07, 6.45) is 1.97. The molecule has 0 bridgehead atoms. The van der Waals surface area contributed by atoms with Crippen molar-refractivity contribution in [1.82, 2.24) is 9.44 Å². The summed E-state index contributed by atoms with van der Waals surface area (Å²) in [7, 11) is -6.56. The number of hydrogen-bond acceptors (Lipinski definition) is 4. The molecule has 0 aromatic carbocycles. The van der Waals surface area contributed by atoms with Gasteiger partial charge < -0.3 is 0 Å². The maximum Gasteiger partial charge on any atom is 0.214 e. The zero-order chi connectivity index (χ0) is 15.6. The Morgan fingerprint density at radius 1 is 1.10 bits per heavy atom. The van der Waals surface area contributed by atoms with Gasteiger partial charge in [-0.15, -0.1) is 0 Å². The zero-order valence-corrected chi connectivity index (χ0v) is 14.2. The van der Waals surface area contributed by atoms with Crippen molar-refractivity contribution in [2.24, 2.45) is 5.92 Å². The highest BCUT2D eigenvalue weighted by Gasteiger charge is 2.42. The van der Waals surface area contributed by atoms with Crippen LogP contribution in [-0.2, 0) is 20.0 Å². The van der Waals surface area contributed by atoms with Gasteiger partial charge in [0.25, 0.3) is 0 Å². The molecule has 0 aromatic rings. The minimum Gasteiger partial charge on any atom is -0.215 e. The molecule has 0 aliphatic heterocycles. The first-order valence-electron chi connectivity index (χ1n) is 7.09. The Morgan fingerprint density at radius 3 is 2.20 bits per heavy atom. The van der Waals surface area contributed by atoms with E-state index in [-0.39, 0.29) is 12.0 Å². The van der Waals surface area contributed by atoms with Crippen LogP contribution in [0.4, 0.5) is 0 Å². The van der Waals surface area contributed by atoms with Gasteiger partial charge in [-0.2, -0.15) is 0 Å². The fourth-order valence-corrected chi connectivity index (χ4v) is 4.20. The molecule has 20 heavy (non-hydrogen) atoms. The van der Waals surface area contributed by atoms with Gasteiger partial charge in [-0.05, 0) is 46.0 Å². The van der Waals surface area contributed by atoms with Crippen molar-refractivity contribution in [1.29, 1.82) is 0 Å². The lowest BCUT2D eigenvalue weighted by Crippen LogP contribution is -2.35. The average Bonchev–Trinajstić information content (AvgIpc) is 3.03. The predicted molar refractivity (Wildman–Crippen MR) is 80.4 cm³/mol. The molecule has 0 heterocycles. The second-order valence-electron chi connectivity index (χ2n) is 5.80. The molecule has 1 aliphatic rings. The molecular weight excluding hydrogens is 300 g/mol. The smallest absolute Gasteiger partial charge is 0.214 e. The molecule has 120 valence electrons. The average molecular weight is 326 g/mol. The Balaban J connectivity index is 2.46. The summed E-state index contributed by atoms with van der Waals surface area (Å²) in [4.78, 5) is 0. The molecule has 1 saturated carbocycles. The normalized spacial score (nSPS) is 24.9. The van der Waals surface area contributed by atoms with Crippen LogP contribution in [0.5, 0.6) is 0 Å². The molecular formula is C12H26N2O4S2. The molecule has 0 aromatic heterocycles. The summed E-state index contributed by atoms with van der Waals surface area (Å²) in [6, 6.07) is -0.105. The fourth-order valence-electron chi connectivity index (χ4n) is 1.94. The second-order valence-corrected chi connectivity index (χ2v) is 10.3. The maximum absolute atomic E-state index is 11.9. The van der Waals surface area contributed by atoms with E-state index in [1.54, 1.807) is 20.8 Å². The summed E-state index contributed by atoms with van der Waals surface area (Å²) in [5, 5.41) is -0.955. The minimum atomic E-state index is -3.29. The van der Waals surface area contributed by atoms with Gasteiger partial charge in [-0.25, -0.2) is 26.3 Å². The zero-order valence-electron chi connectivity index (χ0n) is 12.6. The van der Waals surface area contributed by atoms with Gasteiger partial charge in [0.15, 0.2) is 0 Å². The van der Waals surface area contributed by atoms with Crippen LogP contribution in [0.2, 0.25) is 0 Å². The van der Waals surface area contributed by atoms with Crippen LogP contribution in [0.15, 0.2) is 0 Å². The van der Waals surface area contributed by atoms with E-state index in [1.807, 2.05) is 6.92 Å². The molecule has 3 atom stereocenters. The third kappa shape index (κ3) is 4.98. The Bertz CT molecular complexity index is 514. The van der Waals surface area contributed by atoms with E-state index in [9.17, 15) is 16.8 Å². The molecule has 1 fully saturated rings. The largest absolute Gasteiger partial charge is 0.215 e. The topological polar surface area (TPSA) is 92.3 Å². The lowest BCUT2D eigenvalue weighted by atomic mass is 10.2. The second kappa shape index (κ2) is 6.72. The third-order valence-corrected chi connectivity index (χ3v) is 7.31. The molecule has 6 nitrogen and oxygen atoms in total. The molecule has 0 amide bonds. The lowest BCUT2D eigenvalue weighted by molar-refractivity contribution is 0.547. The molecule has 1 rings (SSSR count). The minimum absolute atomic E-state index is 0.105. The molecule has 3 unspecified atom stereocenters. The van der Waals surface area contributed by atoms with Gasteiger partial charge in [0.1, 0.15) is 0 Å². The van der Waals surface area contributed by atoms with E-state index in [0.29, 0.717) is 13.0 Å². The quantitative estimate of drug-likeness (QED) is 0.656. The first kappa shape index (κ1) is 17.9. The van der Waals surface area contributed by atoms with E-state index in [0.717, 1.165) is 12.8 Å². The van der Waals surface area contributed by atoms with Crippen molar-refractivity contribution in [3.8, 4) is 0 Å². The Morgan fingerprint density at radius 2 is 1.70 bits per heavy atom. The molecule has 0 spiro atoms. The maximum atomic E-state index is 11.9. The van der Waals surface area contributed by atoms with Crippen LogP contribution in [0.3, 0.4) is 0 Å². The highest BCUT2D eigenvalue weighted by molar-refractivity contribution is 7.90. The Kier molecular flexibility index (Phi) is 6.01. The van der Waals surface area contributed by atoms with Gasteiger partial charge in [-0.3, -0.25) is 0 Å². The predicted octanol–water partition coefficient (Wildman–Crippen LogP) is 0.811. The van der Waals surface area contributed by atoms with Crippen LogP contribution >= 0.6 is 0 Å². The van der Waals surface area contributed by atoms with Gasteiger partial charge in [0.05, 0.1) is 10.5 Å². The highest BCUT2D eigenvalue weighted by Crippen LogP contribution is 2.36. The number of nitrogens with one attached hydrogen (secondary N) is 2. The van der Waals surface area contributed by atoms with Crippen LogP contribution in [0, 0.1) is 5.92 Å². The lowest BCUT2D eigenvalue weighted by Gasteiger charge is -2.14. The standard InChI is InChI=1S/C12H26N2O4S2/c1-5-6-13-20(17,18)10(4)7-11-8-12(11)14-19(15,16)9(2)3/h9-14H,5-8H2,1-4H3. The van der Waals surface area contributed by atoms with Gasteiger partial charge >= 0.3 is 0 Å².